The van der Waals surface area contributed by atoms with E-state index in [1.165, 1.54) is 18.2 Å². The summed E-state index contributed by atoms with van der Waals surface area (Å²) in [6, 6.07) is 4.08. The van der Waals surface area contributed by atoms with E-state index in [0.29, 0.717) is 22.2 Å². The minimum absolute atomic E-state index is 0.00306. The number of hydrogen-bond acceptors (Lipinski definition) is 2. The SMILES string of the molecule is O=C(O)CC1CCCN(C(=O)c2ccc(F)cc2I)C1. The van der Waals surface area contributed by atoms with Gasteiger partial charge in [0.2, 0.25) is 0 Å². The maximum Gasteiger partial charge on any atom is 0.303 e. The van der Waals surface area contributed by atoms with Gasteiger partial charge in [0, 0.05) is 23.1 Å². The van der Waals surface area contributed by atoms with E-state index in [9.17, 15) is 14.0 Å². The molecule has 1 amide bonds. The van der Waals surface area contributed by atoms with Gasteiger partial charge in [-0.2, -0.15) is 0 Å². The molecule has 1 aromatic rings. The summed E-state index contributed by atoms with van der Waals surface area (Å²) in [5, 5.41) is 8.84. The minimum Gasteiger partial charge on any atom is -0.481 e. The number of benzene rings is 1. The third-order valence-electron chi connectivity index (χ3n) is 3.43. The molecule has 1 aliphatic heterocycles. The average Bonchev–Trinajstić information content (AvgIpc) is 2.37. The molecule has 1 heterocycles. The number of carbonyl (C=O) groups is 2. The lowest BCUT2D eigenvalue weighted by Gasteiger charge is -2.32. The molecule has 0 radical (unpaired) electrons. The van der Waals surface area contributed by atoms with Crippen molar-refractivity contribution in [3.05, 3.63) is 33.1 Å². The second-order valence-corrected chi connectivity index (χ2v) is 6.14. The highest BCUT2D eigenvalue weighted by molar-refractivity contribution is 14.1. The Morgan fingerprint density at radius 1 is 1.45 bits per heavy atom. The minimum atomic E-state index is -0.833. The van der Waals surface area contributed by atoms with Crippen LogP contribution in [-0.2, 0) is 4.79 Å². The van der Waals surface area contributed by atoms with Gasteiger partial charge in [-0.05, 0) is 59.5 Å². The van der Waals surface area contributed by atoms with Crippen molar-refractivity contribution in [2.24, 2.45) is 5.92 Å². The second kappa shape index (κ2) is 6.51. The summed E-state index contributed by atoms with van der Waals surface area (Å²) >= 11 is 1.94. The highest BCUT2D eigenvalue weighted by Gasteiger charge is 2.26. The molecule has 0 saturated carbocycles. The van der Waals surface area contributed by atoms with E-state index in [4.69, 9.17) is 5.11 Å². The summed E-state index contributed by atoms with van der Waals surface area (Å²) < 4.78 is 13.6. The summed E-state index contributed by atoms with van der Waals surface area (Å²) in [6.07, 6.45) is 1.72. The van der Waals surface area contributed by atoms with Crippen molar-refractivity contribution in [3.8, 4) is 0 Å². The van der Waals surface area contributed by atoms with Crippen LogP contribution >= 0.6 is 22.6 Å². The van der Waals surface area contributed by atoms with Crippen LogP contribution < -0.4 is 0 Å². The van der Waals surface area contributed by atoms with Gasteiger partial charge in [0.15, 0.2) is 0 Å². The standard InChI is InChI=1S/C14H15FINO3/c15-10-3-4-11(12(16)7-10)14(20)17-5-1-2-9(8-17)6-13(18)19/h3-4,7,9H,1-2,5-6,8H2,(H,18,19). The molecular formula is C14H15FINO3. The molecule has 1 saturated heterocycles. The molecule has 108 valence electrons. The van der Waals surface area contributed by atoms with E-state index < -0.39 is 5.97 Å². The van der Waals surface area contributed by atoms with E-state index >= 15 is 0 Å². The highest BCUT2D eigenvalue weighted by atomic mass is 127. The zero-order chi connectivity index (χ0) is 14.7. The van der Waals surface area contributed by atoms with E-state index in [1.807, 2.05) is 22.6 Å². The monoisotopic (exact) mass is 391 g/mol. The lowest BCUT2D eigenvalue weighted by Crippen LogP contribution is -2.40. The molecule has 1 fully saturated rings. The Bertz CT molecular complexity index is 535. The molecular weight excluding hydrogens is 376 g/mol. The van der Waals surface area contributed by atoms with Crippen LogP contribution in [0.2, 0.25) is 0 Å². The number of amides is 1. The maximum absolute atomic E-state index is 13.1. The van der Waals surface area contributed by atoms with Crippen molar-refractivity contribution >= 4 is 34.5 Å². The number of nitrogens with zero attached hydrogens (tertiary/aromatic N) is 1. The molecule has 1 unspecified atom stereocenters. The number of aliphatic carboxylic acids is 1. The van der Waals surface area contributed by atoms with Crippen molar-refractivity contribution in [1.29, 1.82) is 0 Å². The molecule has 20 heavy (non-hydrogen) atoms. The topological polar surface area (TPSA) is 57.6 Å². The van der Waals surface area contributed by atoms with Gasteiger partial charge in [0.1, 0.15) is 5.82 Å². The summed E-state index contributed by atoms with van der Waals surface area (Å²) in [5.74, 6) is -1.35. The first-order chi connectivity index (χ1) is 9.47. The first-order valence-electron chi connectivity index (χ1n) is 6.43. The lowest BCUT2D eigenvalue weighted by atomic mass is 9.94. The Balaban J connectivity index is 2.10. The number of piperidine rings is 1. The lowest BCUT2D eigenvalue weighted by molar-refractivity contribution is -0.138. The molecule has 0 bridgehead atoms. The first-order valence-corrected chi connectivity index (χ1v) is 7.51. The van der Waals surface area contributed by atoms with Crippen LogP contribution in [0.1, 0.15) is 29.6 Å². The normalized spacial score (nSPS) is 18.9. The number of hydrogen-bond donors (Lipinski definition) is 1. The number of rotatable bonds is 3. The number of carbonyl (C=O) groups excluding carboxylic acids is 1. The van der Waals surface area contributed by atoms with Crippen LogP contribution in [0.15, 0.2) is 18.2 Å². The van der Waals surface area contributed by atoms with Crippen molar-refractivity contribution < 1.29 is 19.1 Å². The van der Waals surface area contributed by atoms with Gasteiger partial charge in [-0.3, -0.25) is 9.59 Å². The van der Waals surface area contributed by atoms with Crippen molar-refractivity contribution in [2.45, 2.75) is 19.3 Å². The van der Waals surface area contributed by atoms with Crippen LogP contribution in [-0.4, -0.2) is 35.0 Å². The number of carboxylic acid groups (broad SMARTS) is 1. The zero-order valence-electron chi connectivity index (χ0n) is 10.8. The van der Waals surface area contributed by atoms with Gasteiger partial charge in [-0.25, -0.2) is 4.39 Å². The van der Waals surface area contributed by atoms with Crippen LogP contribution in [0.25, 0.3) is 0 Å². The first kappa shape index (κ1) is 15.2. The Morgan fingerprint density at radius 2 is 2.20 bits per heavy atom. The molecule has 1 aromatic carbocycles. The fourth-order valence-corrected chi connectivity index (χ4v) is 3.20. The largest absolute Gasteiger partial charge is 0.481 e. The van der Waals surface area contributed by atoms with E-state index in [-0.39, 0.29) is 24.1 Å². The van der Waals surface area contributed by atoms with Crippen LogP contribution in [0.3, 0.4) is 0 Å². The Labute approximate surface area is 130 Å². The van der Waals surface area contributed by atoms with Crippen molar-refractivity contribution in [1.82, 2.24) is 4.90 Å². The number of halogens is 2. The predicted octanol–water partition coefficient (Wildman–Crippen LogP) is 2.76. The van der Waals surface area contributed by atoms with E-state index in [2.05, 4.69) is 0 Å². The van der Waals surface area contributed by atoms with Gasteiger partial charge in [-0.15, -0.1) is 0 Å². The summed E-state index contributed by atoms with van der Waals surface area (Å²) in [6.45, 7) is 1.08. The van der Waals surface area contributed by atoms with Gasteiger partial charge in [0.25, 0.3) is 5.91 Å². The maximum atomic E-state index is 13.1. The molecule has 1 aliphatic rings. The van der Waals surface area contributed by atoms with Gasteiger partial charge in [-0.1, -0.05) is 0 Å². The average molecular weight is 391 g/mol. The predicted molar refractivity (Wildman–Crippen MR) is 80.0 cm³/mol. The molecule has 0 spiro atoms. The van der Waals surface area contributed by atoms with Crippen molar-refractivity contribution in [2.75, 3.05) is 13.1 Å². The Kier molecular flexibility index (Phi) is 4.95. The summed E-state index contributed by atoms with van der Waals surface area (Å²) in [5.41, 5.74) is 0.475. The third-order valence-corrected chi connectivity index (χ3v) is 4.32. The second-order valence-electron chi connectivity index (χ2n) is 4.98. The zero-order valence-corrected chi connectivity index (χ0v) is 13.0. The highest BCUT2D eigenvalue weighted by Crippen LogP contribution is 2.23. The van der Waals surface area contributed by atoms with Crippen LogP contribution in [0.5, 0.6) is 0 Å². The van der Waals surface area contributed by atoms with Gasteiger partial charge in [0.05, 0.1) is 5.56 Å². The molecule has 0 aliphatic carbocycles. The van der Waals surface area contributed by atoms with Gasteiger partial charge >= 0.3 is 5.97 Å². The van der Waals surface area contributed by atoms with Crippen molar-refractivity contribution in [3.63, 3.8) is 0 Å². The third kappa shape index (κ3) is 3.68. The van der Waals surface area contributed by atoms with E-state index in [1.54, 1.807) is 4.90 Å². The number of carboxylic acids is 1. The fourth-order valence-electron chi connectivity index (χ4n) is 2.50. The molecule has 1 N–H and O–H groups in total. The molecule has 4 nitrogen and oxygen atoms in total. The summed E-state index contributed by atoms with van der Waals surface area (Å²) in [4.78, 5) is 24.8. The molecule has 1 atom stereocenters. The van der Waals surface area contributed by atoms with E-state index in [0.717, 1.165) is 12.8 Å². The summed E-state index contributed by atoms with van der Waals surface area (Å²) in [7, 11) is 0. The number of likely N-dealkylation sites (tertiary alicyclic amines) is 1. The Hall–Kier alpha value is -1.18. The molecule has 6 heteroatoms. The Morgan fingerprint density at radius 3 is 2.85 bits per heavy atom. The van der Waals surface area contributed by atoms with Crippen LogP contribution in [0, 0.1) is 15.3 Å². The molecule has 2 rings (SSSR count). The smallest absolute Gasteiger partial charge is 0.303 e. The van der Waals surface area contributed by atoms with Gasteiger partial charge < -0.3 is 10.0 Å². The molecule has 0 aromatic heterocycles. The quantitative estimate of drug-likeness (QED) is 0.807. The fraction of sp³-hybridized carbons (Fsp3) is 0.429. The van der Waals surface area contributed by atoms with Crippen LogP contribution in [0.4, 0.5) is 4.39 Å².